The number of hydrogen-bond acceptors (Lipinski definition) is 5. The molecule has 20 heavy (non-hydrogen) atoms. The van der Waals surface area contributed by atoms with Gasteiger partial charge in [0.25, 0.3) is 0 Å². The van der Waals surface area contributed by atoms with Crippen molar-refractivity contribution in [1.29, 1.82) is 0 Å². The van der Waals surface area contributed by atoms with E-state index in [2.05, 4.69) is 15.3 Å². The fourth-order valence-electron chi connectivity index (χ4n) is 1.81. The van der Waals surface area contributed by atoms with E-state index in [1.54, 1.807) is 24.4 Å². The van der Waals surface area contributed by atoms with Crippen LogP contribution in [0.1, 0.15) is 20.2 Å². The molecule has 3 aromatic heterocycles. The van der Waals surface area contributed by atoms with Gasteiger partial charge in [0, 0.05) is 15.4 Å². The van der Waals surface area contributed by atoms with Gasteiger partial charge in [-0.3, -0.25) is 4.98 Å². The van der Waals surface area contributed by atoms with Gasteiger partial charge in [0.2, 0.25) is 0 Å². The van der Waals surface area contributed by atoms with Gasteiger partial charge in [0.1, 0.15) is 0 Å². The van der Waals surface area contributed by atoms with Crippen LogP contribution in [0.5, 0.6) is 0 Å². The van der Waals surface area contributed by atoms with Crippen LogP contribution in [0, 0.1) is 6.85 Å². The van der Waals surface area contributed by atoms with Gasteiger partial charge in [-0.2, -0.15) is 0 Å². The molecule has 0 atom stereocenters. The second kappa shape index (κ2) is 5.45. The first kappa shape index (κ1) is 10.6. The van der Waals surface area contributed by atoms with Crippen molar-refractivity contribution < 1.29 is 32.9 Å². The molecule has 0 unspecified atom stereocenters. The van der Waals surface area contributed by atoms with E-state index in [-0.39, 0.29) is 24.6 Å². The predicted molar refractivity (Wildman–Crippen MR) is 65.3 cm³/mol. The second-order valence-electron chi connectivity index (χ2n) is 3.86. The first-order valence-corrected chi connectivity index (χ1v) is 5.40. The van der Waals surface area contributed by atoms with Gasteiger partial charge in [-0.15, -0.1) is 5.10 Å². The predicted octanol–water partition coefficient (Wildman–Crippen LogP) is -2.53. The number of carbonyl (C=O) groups is 1. The first-order valence-electron chi connectivity index (χ1n) is 6.90. The zero-order valence-corrected chi connectivity index (χ0v) is 10.6. The zero-order valence-electron chi connectivity index (χ0n) is 13.6. The molecule has 3 rings (SSSR count). The van der Waals surface area contributed by atoms with Crippen molar-refractivity contribution >= 4 is 11.5 Å². The van der Waals surface area contributed by atoms with Crippen LogP contribution >= 0.6 is 0 Å². The van der Waals surface area contributed by atoms with Gasteiger partial charge in [-0.25, -0.2) is 4.52 Å². The minimum absolute atomic E-state index is 0. The molecule has 94 valence electrons. The van der Waals surface area contributed by atoms with Crippen LogP contribution in [0.2, 0.25) is 0 Å². The number of carboxylic acid groups (broad SMARTS) is 1. The van der Waals surface area contributed by atoms with Crippen molar-refractivity contribution in [3.05, 3.63) is 47.8 Å². The maximum atomic E-state index is 11.1. The number of aromatic carboxylic acids is 1. The number of carbonyl (C=O) groups excluding carboxylic acids is 1. The molecule has 3 heterocycles. The largest absolute Gasteiger partial charge is 1.00 e. The maximum absolute atomic E-state index is 11.1. The average molecular weight is 263 g/mol. The number of carboxylic acids is 1. The van der Waals surface area contributed by atoms with E-state index in [4.69, 9.17) is 4.11 Å². The molecule has 0 aliphatic heterocycles. The van der Waals surface area contributed by atoms with E-state index in [1.807, 2.05) is 0 Å². The standard InChI is InChI=1S/C13H10N4O2.Li/c1-8-10(13(18)19)5-6-11(15-8)12-4-2-3-9-7-14-16-17(9)12;/h2-7H,1H3,(H,18,19);/q;+1/p-1/i1D3;. The Morgan fingerprint density at radius 1 is 1.35 bits per heavy atom. The van der Waals surface area contributed by atoms with Crippen LogP contribution in [-0.4, -0.2) is 25.8 Å². The Hall–Kier alpha value is -2.16. The maximum Gasteiger partial charge on any atom is 1.00 e. The summed E-state index contributed by atoms with van der Waals surface area (Å²) in [5.74, 6) is -1.58. The summed E-state index contributed by atoms with van der Waals surface area (Å²) in [7, 11) is 0. The molecule has 3 aromatic rings. The molecule has 0 amide bonds. The Morgan fingerprint density at radius 3 is 2.95 bits per heavy atom. The molecule has 6 nitrogen and oxygen atoms in total. The van der Waals surface area contributed by atoms with Crippen LogP contribution < -0.4 is 24.0 Å². The third kappa shape index (κ3) is 2.31. The molecule has 0 saturated heterocycles. The number of fused-ring (bicyclic) bond motifs is 1. The molecule has 0 aliphatic rings. The van der Waals surface area contributed by atoms with Crippen molar-refractivity contribution in [2.45, 2.75) is 6.85 Å². The van der Waals surface area contributed by atoms with Gasteiger partial charge in [0.05, 0.1) is 29.1 Å². The van der Waals surface area contributed by atoms with Crippen molar-refractivity contribution in [3.8, 4) is 11.4 Å². The Balaban J connectivity index is 0.00000192. The molecule has 0 bridgehead atoms. The minimum atomic E-state index is -2.67. The molecule has 7 heteroatoms. The number of nitrogens with zero attached hydrogens (tertiary/aromatic N) is 4. The summed E-state index contributed by atoms with van der Waals surface area (Å²) in [6.07, 6.45) is 1.55. The average Bonchev–Trinajstić information content (AvgIpc) is 2.94. The summed E-state index contributed by atoms with van der Waals surface area (Å²) < 4.78 is 23.8. The van der Waals surface area contributed by atoms with Crippen LogP contribution in [0.15, 0.2) is 36.5 Å². The number of rotatable bonds is 2. The van der Waals surface area contributed by atoms with Crippen molar-refractivity contribution in [2.24, 2.45) is 0 Å². The SMILES string of the molecule is [2H]C([2H])([2H])c1nc(-c2cccc3cnnn23)ccc1C(=O)[O-].[Li+]. The summed E-state index contributed by atoms with van der Waals surface area (Å²) in [4.78, 5) is 15.1. The van der Waals surface area contributed by atoms with Gasteiger partial charge in [-0.05, 0) is 31.1 Å². The molecule has 0 spiro atoms. The third-order valence-electron chi connectivity index (χ3n) is 2.70. The number of pyridine rings is 2. The van der Waals surface area contributed by atoms with E-state index < -0.39 is 24.1 Å². The minimum Gasteiger partial charge on any atom is -0.545 e. The molecular formula is C13H9LiN4O2. The van der Waals surface area contributed by atoms with Gasteiger partial charge in [-0.1, -0.05) is 11.3 Å². The zero-order chi connectivity index (χ0) is 15.9. The molecule has 0 N–H and O–H groups in total. The van der Waals surface area contributed by atoms with Gasteiger partial charge < -0.3 is 9.90 Å². The Kier molecular flexibility index (Phi) is 2.89. The normalized spacial score (nSPS) is 13.1. The van der Waals surface area contributed by atoms with Gasteiger partial charge >= 0.3 is 18.9 Å². The van der Waals surface area contributed by atoms with E-state index in [9.17, 15) is 9.90 Å². The second-order valence-corrected chi connectivity index (χ2v) is 3.86. The molecule has 0 aliphatic carbocycles. The smallest absolute Gasteiger partial charge is 0.545 e. The van der Waals surface area contributed by atoms with Crippen molar-refractivity contribution in [2.75, 3.05) is 0 Å². The monoisotopic (exact) mass is 263 g/mol. The molecule has 0 aromatic carbocycles. The van der Waals surface area contributed by atoms with E-state index in [0.717, 1.165) is 0 Å². The topological polar surface area (TPSA) is 83.2 Å². The summed E-state index contributed by atoms with van der Waals surface area (Å²) in [5.41, 5.74) is 0.535. The summed E-state index contributed by atoms with van der Waals surface area (Å²) >= 11 is 0. The summed E-state index contributed by atoms with van der Waals surface area (Å²) in [6, 6.07) is 7.80. The van der Waals surface area contributed by atoms with Crippen molar-refractivity contribution in [1.82, 2.24) is 19.8 Å². The van der Waals surface area contributed by atoms with Crippen LogP contribution in [-0.2, 0) is 0 Å². The van der Waals surface area contributed by atoms with Crippen molar-refractivity contribution in [3.63, 3.8) is 0 Å². The van der Waals surface area contributed by atoms with Crippen LogP contribution in [0.4, 0.5) is 0 Å². The van der Waals surface area contributed by atoms with E-state index >= 15 is 0 Å². The molecular weight excluding hydrogens is 251 g/mol. The van der Waals surface area contributed by atoms with Crippen LogP contribution in [0.3, 0.4) is 0 Å². The summed E-state index contributed by atoms with van der Waals surface area (Å²) in [6.45, 7) is -2.67. The molecule has 0 fully saturated rings. The Bertz CT molecular complexity index is 879. The quantitative estimate of drug-likeness (QED) is 0.476. The third-order valence-corrected chi connectivity index (χ3v) is 2.70. The number of aryl methyl sites for hydroxylation is 1. The fourth-order valence-corrected chi connectivity index (χ4v) is 1.81. The first-order chi connectivity index (χ1) is 10.4. The number of aromatic nitrogens is 4. The fraction of sp³-hybridized carbons (Fsp3) is 0.0769. The Morgan fingerprint density at radius 2 is 2.20 bits per heavy atom. The summed E-state index contributed by atoms with van der Waals surface area (Å²) in [5, 5.41) is 18.7. The van der Waals surface area contributed by atoms with E-state index in [1.165, 1.54) is 16.6 Å². The molecule has 0 saturated carbocycles. The van der Waals surface area contributed by atoms with Gasteiger partial charge in [0.15, 0.2) is 0 Å². The Labute approximate surface area is 130 Å². The van der Waals surface area contributed by atoms with E-state index in [0.29, 0.717) is 11.2 Å². The molecule has 0 radical (unpaired) electrons. The van der Waals surface area contributed by atoms with Crippen LogP contribution in [0.25, 0.3) is 16.9 Å². The number of hydrogen-bond donors (Lipinski definition) is 0.